The Morgan fingerprint density at radius 3 is 2.52 bits per heavy atom. The zero-order valence-electron chi connectivity index (χ0n) is 13.6. The predicted molar refractivity (Wildman–Crippen MR) is 94.5 cm³/mol. The van der Waals surface area contributed by atoms with E-state index in [4.69, 9.17) is 0 Å². The Labute approximate surface area is 144 Å². The number of carbonyl (C=O) groups is 1. The monoisotopic (exact) mass is 363 g/mol. The molecule has 0 fully saturated rings. The van der Waals surface area contributed by atoms with Crippen LogP contribution in [0.3, 0.4) is 0 Å². The van der Waals surface area contributed by atoms with Gasteiger partial charge < -0.3 is 10.6 Å². The molecule has 0 atom stereocenters. The highest BCUT2D eigenvalue weighted by Crippen LogP contribution is 2.25. The molecule has 2 aromatic carbocycles. The SMILES string of the molecule is Cc1c(NC(=O)CNc2cccc(S(C)(=O)=O)c2)cccc1[N+](=O)[O-]. The molecule has 2 aromatic rings. The van der Waals surface area contributed by atoms with Gasteiger partial charge in [0.05, 0.1) is 27.6 Å². The van der Waals surface area contributed by atoms with Crippen LogP contribution in [0.15, 0.2) is 47.4 Å². The summed E-state index contributed by atoms with van der Waals surface area (Å²) in [6.45, 7) is 1.44. The zero-order chi connectivity index (χ0) is 18.6. The van der Waals surface area contributed by atoms with Gasteiger partial charge in [-0.1, -0.05) is 12.1 Å². The fourth-order valence-electron chi connectivity index (χ4n) is 2.17. The number of sulfone groups is 1. The molecule has 0 aliphatic rings. The van der Waals surface area contributed by atoms with E-state index in [1.807, 2.05) is 0 Å². The lowest BCUT2D eigenvalue weighted by Crippen LogP contribution is -2.22. The molecule has 0 unspecified atom stereocenters. The maximum Gasteiger partial charge on any atom is 0.274 e. The third kappa shape index (κ3) is 4.77. The Morgan fingerprint density at radius 1 is 1.20 bits per heavy atom. The van der Waals surface area contributed by atoms with E-state index in [0.717, 1.165) is 6.26 Å². The highest BCUT2D eigenvalue weighted by atomic mass is 32.2. The fraction of sp³-hybridized carbons (Fsp3) is 0.188. The van der Waals surface area contributed by atoms with Crippen molar-refractivity contribution in [2.75, 3.05) is 23.4 Å². The van der Waals surface area contributed by atoms with Crippen LogP contribution in [-0.2, 0) is 14.6 Å². The molecular weight excluding hydrogens is 346 g/mol. The van der Waals surface area contributed by atoms with Gasteiger partial charge in [0.15, 0.2) is 9.84 Å². The fourth-order valence-corrected chi connectivity index (χ4v) is 2.84. The Hall–Kier alpha value is -2.94. The van der Waals surface area contributed by atoms with Crippen LogP contribution in [0.4, 0.5) is 17.1 Å². The molecule has 9 heteroatoms. The van der Waals surface area contributed by atoms with Crippen molar-refractivity contribution in [3.8, 4) is 0 Å². The smallest absolute Gasteiger partial charge is 0.274 e. The number of hydrogen-bond donors (Lipinski definition) is 2. The molecule has 0 radical (unpaired) electrons. The topological polar surface area (TPSA) is 118 Å². The van der Waals surface area contributed by atoms with E-state index < -0.39 is 20.7 Å². The van der Waals surface area contributed by atoms with Crippen LogP contribution in [0.25, 0.3) is 0 Å². The van der Waals surface area contributed by atoms with Crippen molar-refractivity contribution < 1.29 is 18.1 Å². The number of nitro benzene ring substituents is 1. The van der Waals surface area contributed by atoms with E-state index in [1.165, 1.54) is 24.3 Å². The van der Waals surface area contributed by atoms with Crippen LogP contribution in [0.5, 0.6) is 0 Å². The second-order valence-corrected chi connectivity index (χ2v) is 7.42. The van der Waals surface area contributed by atoms with Crippen molar-refractivity contribution in [2.24, 2.45) is 0 Å². The maximum absolute atomic E-state index is 12.0. The Bertz CT molecular complexity index is 925. The van der Waals surface area contributed by atoms with Gasteiger partial charge in [0, 0.05) is 18.0 Å². The van der Waals surface area contributed by atoms with Crippen LogP contribution in [0, 0.1) is 17.0 Å². The quantitative estimate of drug-likeness (QED) is 0.601. The third-order valence-electron chi connectivity index (χ3n) is 3.49. The minimum absolute atomic E-state index is 0.0772. The van der Waals surface area contributed by atoms with Gasteiger partial charge in [-0.05, 0) is 31.2 Å². The average molecular weight is 363 g/mol. The Balaban J connectivity index is 2.05. The summed E-state index contributed by atoms with van der Waals surface area (Å²) in [6, 6.07) is 10.5. The number of anilines is 2. The summed E-state index contributed by atoms with van der Waals surface area (Å²) in [5.74, 6) is -0.409. The molecule has 0 saturated carbocycles. The van der Waals surface area contributed by atoms with Gasteiger partial charge in [-0.2, -0.15) is 0 Å². The van der Waals surface area contributed by atoms with Crippen molar-refractivity contribution >= 4 is 32.8 Å². The molecule has 0 bridgehead atoms. The molecule has 0 saturated heterocycles. The minimum atomic E-state index is -3.34. The summed E-state index contributed by atoms with van der Waals surface area (Å²) < 4.78 is 23.1. The molecule has 0 heterocycles. The summed E-state index contributed by atoms with van der Waals surface area (Å²) in [4.78, 5) is 22.6. The van der Waals surface area contributed by atoms with Gasteiger partial charge in [0.25, 0.3) is 5.69 Å². The first-order valence-corrected chi connectivity index (χ1v) is 9.15. The normalized spacial score (nSPS) is 11.0. The van der Waals surface area contributed by atoms with E-state index >= 15 is 0 Å². The van der Waals surface area contributed by atoms with Crippen molar-refractivity contribution in [3.05, 3.63) is 58.1 Å². The van der Waals surface area contributed by atoms with Gasteiger partial charge in [0.1, 0.15) is 0 Å². The molecule has 25 heavy (non-hydrogen) atoms. The molecule has 0 spiro atoms. The van der Waals surface area contributed by atoms with Crippen molar-refractivity contribution in [1.82, 2.24) is 0 Å². The Morgan fingerprint density at radius 2 is 1.88 bits per heavy atom. The van der Waals surface area contributed by atoms with Gasteiger partial charge in [0.2, 0.25) is 5.91 Å². The van der Waals surface area contributed by atoms with E-state index in [9.17, 15) is 23.3 Å². The standard InChI is InChI=1S/C16H17N3O5S/c1-11-14(7-4-8-15(11)19(21)22)18-16(20)10-17-12-5-3-6-13(9-12)25(2,23)24/h3-9,17H,10H2,1-2H3,(H,18,20). The van der Waals surface area contributed by atoms with Crippen LogP contribution in [-0.4, -0.2) is 32.0 Å². The second kappa shape index (κ2) is 7.31. The first-order valence-electron chi connectivity index (χ1n) is 7.26. The number of hydrogen-bond acceptors (Lipinski definition) is 6. The number of amides is 1. The maximum atomic E-state index is 12.0. The molecule has 0 aliphatic carbocycles. The molecule has 8 nitrogen and oxygen atoms in total. The highest BCUT2D eigenvalue weighted by molar-refractivity contribution is 7.90. The van der Waals surface area contributed by atoms with Crippen LogP contribution >= 0.6 is 0 Å². The molecule has 2 N–H and O–H groups in total. The lowest BCUT2D eigenvalue weighted by molar-refractivity contribution is -0.385. The summed E-state index contributed by atoms with van der Waals surface area (Å²) in [6.07, 6.45) is 1.10. The van der Waals surface area contributed by atoms with Crippen molar-refractivity contribution in [1.29, 1.82) is 0 Å². The lowest BCUT2D eigenvalue weighted by atomic mass is 10.1. The molecular formula is C16H17N3O5S. The van der Waals surface area contributed by atoms with E-state index in [0.29, 0.717) is 16.9 Å². The van der Waals surface area contributed by atoms with E-state index in [1.54, 1.807) is 25.1 Å². The van der Waals surface area contributed by atoms with Gasteiger partial charge in [-0.15, -0.1) is 0 Å². The van der Waals surface area contributed by atoms with Gasteiger partial charge in [-0.25, -0.2) is 8.42 Å². The highest BCUT2D eigenvalue weighted by Gasteiger charge is 2.15. The number of benzene rings is 2. The summed E-state index contributed by atoms with van der Waals surface area (Å²) in [5, 5.41) is 16.3. The number of nitrogens with one attached hydrogen (secondary N) is 2. The molecule has 1 amide bonds. The van der Waals surface area contributed by atoms with E-state index in [-0.39, 0.29) is 17.1 Å². The van der Waals surface area contributed by atoms with Crippen LogP contribution in [0.2, 0.25) is 0 Å². The van der Waals surface area contributed by atoms with Crippen LogP contribution < -0.4 is 10.6 Å². The first-order chi connectivity index (χ1) is 11.7. The largest absolute Gasteiger partial charge is 0.376 e. The predicted octanol–water partition coefficient (Wildman–Crippen LogP) is 2.36. The third-order valence-corrected chi connectivity index (χ3v) is 4.60. The number of nitrogens with zero attached hydrogens (tertiary/aromatic N) is 1. The van der Waals surface area contributed by atoms with Gasteiger partial charge >= 0.3 is 0 Å². The molecule has 132 valence electrons. The van der Waals surface area contributed by atoms with Crippen molar-refractivity contribution in [3.63, 3.8) is 0 Å². The molecule has 2 rings (SSSR count). The summed E-state index contributed by atoms with van der Waals surface area (Å²) >= 11 is 0. The van der Waals surface area contributed by atoms with Crippen LogP contribution in [0.1, 0.15) is 5.56 Å². The molecule has 0 aromatic heterocycles. The average Bonchev–Trinajstić information content (AvgIpc) is 2.54. The van der Waals surface area contributed by atoms with Gasteiger partial charge in [-0.3, -0.25) is 14.9 Å². The summed E-state index contributed by atoms with van der Waals surface area (Å²) in [5.41, 5.74) is 1.12. The van der Waals surface area contributed by atoms with Crippen molar-refractivity contribution in [2.45, 2.75) is 11.8 Å². The number of nitro groups is 1. The number of carbonyl (C=O) groups excluding carboxylic acids is 1. The minimum Gasteiger partial charge on any atom is -0.376 e. The van der Waals surface area contributed by atoms with E-state index in [2.05, 4.69) is 10.6 Å². The molecule has 0 aliphatic heterocycles. The zero-order valence-corrected chi connectivity index (χ0v) is 14.5. The number of rotatable bonds is 6. The Kier molecular flexibility index (Phi) is 5.38. The second-order valence-electron chi connectivity index (χ2n) is 5.41. The lowest BCUT2D eigenvalue weighted by Gasteiger charge is -2.10. The summed E-state index contributed by atoms with van der Waals surface area (Å²) in [7, 11) is -3.34. The first kappa shape index (κ1) is 18.4.